The predicted molar refractivity (Wildman–Crippen MR) is 95.2 cm³/mol. The van der Waals surface area contributed by atoms with Crippen LogP contribution in [0, 0.1) is 5.82 Å². The molecule has 2 aromatic rings. The van der Waals surface area contributed by atoms with Crippen molar-refractivity contribution in [3.8, 4) is 10.4 Å². The summed E-state index contributed by atoms with van der Waals surface area (Å²) >= 11 is 1.62. The van der Waals surface area contributed by atoms with Gasteiger partial charge in [-0.25, -0.2) is 4.39 Å². The molecule has 1 unspecified atom stereocenters. The number of hydrogen-bond donors (Lipinski definition) is 1. The van der Waals surface area contributed by atoms with E-state index in [9.17, 15) is 9.18 Å². The Morgan fingerprint density at radius 3 is 2.58 bits per heavy atom. The molecule has 1 aliphatic rings. The zero-order chi connectivity index (χ0) is 17.1. The minimum Gasteiger partial charge on any atom is -0.339 e. The normalized spacial score (nSPS) is 17.0. The van der Waals surface area contributed by atoms with E-state index in [2.05, 4.69) is 11.0 Å². The topological polar surface area (TPSA) is 49.6 Å². The Kier molecular flexibility index (Phi) is 5.28. The van der Waals surface area contributed by atoms with Crippen LogP contribution >= 0.6 is 11.3 Å². The summed E-state index contributed by atoms with van der Waals surface area (Å²) in [4.78, 5) is 18.2. The van der Waals surface area contributed by atoms with Crippen molar-refractivity contribution < 1.29 is 9.18 Å². The Morgan fingerprint density at radius 1 is 1.21 bits per heavy atom. The third kappa shape index (κ3) is 3.83. The molecular formula is C18H22FN3OS. The second-order valence-corrected chi connectivity index (χ2v) is 7.30. The maximum absolute atomic E-state index is 13.9. The number of nitrogens with zero attached hydrogens (tertiary/aromatic N) is 2. The minimum absolute atomic E-state index is 0.0209. The number of thiophene rings is 1. The molecule has 2 N–H and O–H groups in total. The van der Waals surface area contributed by atoms with Gasteiger partial charge in [-0.2, -0.15) is 0 Å². The Hall–Kier alpha value is -1.76. The van der Waals surface area contributed by atoms with Crippen molar-refractivity contribution >= 4 is 17.2 Å². The van der Waals surface area contributed by atoms with Gasteiger partial charge in [0.1, 0.15) is 5.82 Å². The predicted octanol–water partition coefficient (Wildman–Crippen LogP) is 2.55. The first-order valence-corrected chi connectivity index (χ1v) is 8.96. The van der Waals surface area contributed by atoms with Crippen molar-refractivity contribution in [2.45, 2.75) is 19.5 Å². The highest BCUT2D eigenvalue weighted by Crippen LogP contribution is 2.30. The first-order valence-electron chi connectivity index (χ1n) is 8.15. The molecule has 3 rings (SSSR count). The van der Waals surface area contributed by atoms with Gasteiger partial charge in [0.15, 0.2) is 0 Å². The van der Waals surface area contributed by atoms with E-state index < -0.39 is 6.04 Å². The van der Waals surface area contributed by atoms with Crippen LogP contribution in [0.15, 0.2) is 36.4 Å². The third-order valence-corrected chi connectivity index (χ3v) is 5.36. The molecule has 0 spiro atoms. The van der Waals surface area contributed by atoms with Gasteiger partial charge in [0.2, 0.25) is 5.91 Å². The highest BCUT2D eigenvalue weighted by atomic mass is 32.1. The quantitative estimate of drug-likeness (QED) is 0.925. The van der Waals surface area contributed by atoms with Gasteiger partial charge >= 0.3 is 0 Å². The summed E-state index contributed by atoms with van der Waals surface area (Å²) in [7, 11) is 0. The first-order chi connectivity index (χ1) is 11.5. The van der Waals surface area contributed by atoms with Crippen LogP contribution in [0.25, 0.3) is 10.4 Å². The summed E-state index contributed by atoms with van der Waals surface area (Å²) < 4.78 is 13.9. The number of carbonyl (C=O) groups is 1. The third-order valence-electron chi connectivity index (χ3n) is 4.25. The van der Waals surface area contributed by atoms with Crippen molar-refractivity contribution in [2.24, 2.45) is 5.73 Å². The van der Waals surface area contributed by atoms with Crippen LogP contribution in [0.2, 0.25) is 0 Å². The van der Waals surface area contributed by atoms with E-state index in [1.807, 2.05) is 23.1 Å². The van der Waals surface area contributed by atoms with Gasteiger partial charge in [-0.15, -0.1) is 11.3 Å². The van der Waals surface area contributed by atoms with Crippen molar-refractivity contribution in [1.29, 1.82) is 0 Å². The molecule has 2 heterocycles. The van der Waals surface area contributed by atoms with Gasteiger partial charge < -0.3 is 10.6 Å². The number of benzene rings is 1. The molecule has 1 aromatic carbocycles. The number of piperazine rings is 1. The standard InChI is InChI=1S/C18H22FN3OS/c1-13(20)18(23)22-10-8-21(9-11-22)12-14-6-7-17(24-14)15-4-2-3-5-16(15)19/h2-7,13H,8-12,20H2,1H3. The molecule has 0 radical (unpaired) electrons. The number of hydrogen-bond acceptors (Lipinski definition) is 4. The molecule has 1 fully saturated rings. The van der Waals surface area contributed by atoms with Crippen LogP contribution in [0.5, 0.6) is 0 Å². The van der Waals surface area contributed by atoms with Crippen LogP contribution < -0.4 is 5.73 Å². The second-order valence-electron chi connectivity index (χ2n) is 6.14. The van der Waals surface area contributed by atoms with Crippen LogP contribution in [-0.2, 0) is 11.3 Å². The van der Waals surface area contributed by atoms with Crippen LogP contribution in [-0.4, -0.2) is 47.9 Å². The fourth-order valence-electron chi connectivity index (χ4n) is 2.90. The summed E-state index contributed by atoms with van der Waals surface area (Å²) in [6.45, 7) is 5.67. The summed E-state index contributed by atoms with van der Waals surface area (Å²) in [5.74, 6) is -0.165. The second kappa shape index (κ2) is 7.42. The maximum atomic E-state index is 13.9. The fourth-order valence-corrected chi connectivity index (χ4v) is 3.98. The molecule has 1 aromatic heterocycles. The summed E-state index contributed by atoms with van der Waals surface area (Å²) in [6, 6.07) is 10.5. The Bertz CT molecular complexity index is 708. The van der Waals surface area contributed by atoms with Crippen LogP contribution in [0.1, 0.15) is 11.8 Å². The fraction of sp³-hybridized carbons (Fsp3) is 0.389. The average Bonchev–Trinajstić information content (AvgIpc) is 3.03. The van der Waals surface area contributed by atoms with E-state index in [1.165, 1.54) is 10.9 Å². The summed E-state index contributed by atoms with van der Waals surface area (Å²) in [6.07, 6.45) is 0. The lowest BCUT2D eigenvalue weighted by Gasteiger charge is -2.35. The van der Waals surface area contributed by atoms with E-state index in [0.717, 1.165) is 24.5 Å². The smallest absolute Gasteiger partial charge is 0.239 e. The van der Waals surface area contributed by atoms with Gasteiger partial charge in [0, 0.05) is 48.0 Å². The highest BCUT2D eigenvalue weighted by Gasteiger charge is 2.23. The average molecular weight is 347 g/mol. The van der Waals surface area contributed by atoms with E-state index >= 15 is 0 Å². The number of rotatable bonds is 4. The minimum atomic E-state index is -0.433. The highest BCUT2D eigenvalue weighted by molar-refractivity contribution is 7.15. The maximum Gasteiger partial charge on any atom is 0.239 e. The largest absolute Gasteiger partial charge is 0.339 e. The Balaban J connectivity index is 1.59. The van der Waals surface area contributed by atoms with E-state index in [0.29, 0.717) is 18.7 Å². The molecule has 1 atom stereocenters. The lowest BCUT2D eigenvalue weighted by molar-refractivity contribution is -0.134. The number of carbonyl (C=O) groups excluding carboxylic acids is 1. The molecule has 1 saturated heterocycles. The first kappa shape index (κ1) is 17.1. The molecule has 1 aliphatic heterocycles. The van der Waals surface area contributed by atoms with Crippen molar-refractivity contribution in [2.75, 3.05) is 26.2 Å². The van der Waals surface area contributed by atoms with Crippen LogP contribution in [0.4, 0.5) is 4.39 Å². The van der Waals surface area contributed by atoms with Gasteiger partial charge in [0.25, 0.3) is 0 Å². The van der Waals surface area contributed by atoms with E-state index in [1.54, 1.807) is 24.3 Å². The molecular weight excluding hydrogens is 325 g/mol. The van der Waals surface area contributed by atoms with E-state index in [-0.39, 0.29) is 11.7 Å². The van der Waals surface area contributed by atoms with Crippen molar-refractivity contribution in [3.05, 3.63) is 47.1 Å². The van der Waals surface area contributed by atoms with Crippen LogP contribution in [0.3, 0.4) is 0 Å². The molecule has 128 valence electrons. The molecule has 0 bridgehead atoms. The molecule has 4 nitrogen and oxygen atoms in total. The van der Waals surface area contributed by atoms with Gasteiger partial charge in [-0.1, -0.05) is 18.2 Å². The molecule has 0 saturated carbocycles. The molecule has 1 amide bonds. The van der Waals surface area contributed by atoms with Gasteiger partial charge in [-0.3, -0.25) is 9.69 Å². The molecule has 24 heavy (non-hydrogen) atoms. The van der Waals surface area contributed by atoms with Crippen molar-refractivity contribution in [1.82, 2.24) is 9.80 Å². The lowest BCUT2D eigenvalue weighted by Crippen LogP contribution is -2.52. The SMILES string of the molecule is CC(N)C(=O)N1CCN(Cc2ccc(-c3ccccc3F)s2)CC1. The Morgan fingerprint density at radius 2 is 1.92 bits per heavy atom. The van der Waals surface area contributed by atoms with Gasteiger partial charge in [0.05, 0.1) is 6.04 Å². The summed E-state index contributed by atoms with van der Waals surface area (Å²) in [5, 5.41) is 0. The number of halogens is 1. The van der Waals surface area contributed by atoms with Crippen molar-refractivity contribution in [3.63, 3.8) is 0 Å². The lowest BCUT2D eigenvalue weighted by atomic mass is 10.2. The zero-order valence-electron chi connectivity index (χ0n) is 13.7. The molecule has 0 aliphatic carbocycles. The zero-order valence-corrected chi connectivity index (χ0v) is 14.6. The summed E-state index contributed by atoms with van der Waals surface area (Å²) in [5.41, 5.74) is 6.32. The number of amides is 1. The monoisotopic (exact) mass is 347 g/mol. The van der Waals surface area contributed by atoms with Gasteiger partial charge in [-0.05, 0) is 25.1 Å². The number of nitrogens with two attached hydrogens (primary N) is 1. The Labute approximate surface area is 145 Å². The molecule has 6 heteroatoms. The van der Waals surface area contributed by atoms with E-state index in [4.69, 9.17) is 5.73 Å².